The van der Waals surface area contributed by atoms with E-state index in [0.29, 0.717) is 28.2 Å². The van der Waals surface area contributed by atoms with Crippen LogP contribution in [0.2, 0.25) is 11.1 Å². The fourth-order valence-electron chi connectivity index (χ4n) is 5.11. The number of hydrogen-bond donors (Lipinski definition) is 2. The molecule has 0 bridgehead atoms. The van der Waals surface area contributed by atoms with Crippen LogP contribution in [-0.4, -0.2) is 39.7 Å². The van der Waals surface area contributed by atoms with Gasteiger partial charge in [0.2, 0.25) is 3.79 Å². The molecule has 1 atom stereocenters. The molecule has 1 aliphatic heterocycles. The Morgan fingerprint density at radius 3 is 2.31 bits per heavy atom. The molecule has 3 rings (SSSR count). The lowest BCUT2D eigenvalue weighted by molar-refractivity contribution is 0.163. The number of ether oxygens (including phenoxy) is 1. The number of carbonyl (C=O) groups is 1. The topological polar surface area (TPSA) is 85.6 Å². The molecule has 200 valence electrons. The van der Waals surface area contributed by atoms with Gasteiger partial charge in [0.25, 0.3) is 8.32 Å². The molecule has 2 aromatic rings. The molecule has 2 N–H and O–H groups in total. The molecule has 1 aliphatic rings. The first-order valence-electron chi connectivity index (χ1n) is 12.1. The number of rotatable bonds is 6. The minimum Gasteiger partial charge on any atom is -0.542 e. The molecule has 36 heavy (non-hydrogen) atoms. The number of aliphatic hydroxyl groups excluding tert-OH is 1. The number of alkyl halides is 3. The fourth-order valence-corrected chi connectivity index (χ4v) is 10.6. The maximum atomic E-state index is 12.5. The van der Waals surface area contributed by atoms with Gasteiger partial charge in [-0.1, -0.05) is 90.2 Å². The number of carbonyl (C=O) groups excluding carboxylic acids is 1. The van der Waals surface area contributed by atoms with Gasteiger partial charge in [0.1, 0.15) is 18.2 Å². The van der Waals surface area contributed by atoms with Gasteiger partial charge in [0, 0.05) is 22.6 Å². The van der Waals surface area contributed by atoms with Gasteiger partial charge in [-0.3, -0.25) is 5.32 Å². The van der Waals surface area contributed by atoms with E-state index in [4.69, 9.17) is 49.1 Å². The largest absolute Gasteiger partial charge is 0.542 e. The van der Waals surface area contributed by atoms with Crippen molar-refractivity contribution in [2.24, 2.45) is 0 Å². The number of hydrogen-bond acceptors (Lipinski definition) is 5. The lowest BCUT2D eigenvalue weighted by Gasteiger charge is -2.37. The second kappa shape index (κ2) is 10.4. The Kier molecular flexibility index (Phi) is 8.38. The predicted octanol–water partition coefficient (Wildman–Crippen LogP) is 7.38. The molecule has 7 nitrogen and oxygen atoms in total. The van der Waals surface area contributed by atoms with Crippen LogP contribution in [0.4, 0.5) is 10.6 Å². The average Bonchev–Trinajstić information content (AvgIpc) is 3.31. The number of nitrogens with one attached hydrogen (secondary N) is 1. The van der Waals surface area contributed by atoms with Gasteiger partial charge in [-0.15, -0.1) is 0 Å². The molecule has 1 unspecified atom stereocenters. The van der Waals surface area contributed by atoms with E-state index in [2.05, 4.69) is 46.0 Å². The Bertz CT molecular complexity index is 1110. The van der Waals surface area contributed by atoms with Gasteiger partial charge >= 0.3 is 6.09 Å². The zero-order valence-corrected chi connectivity index (χ0v) is 25.3. The van der Waals surface area contributed by atoms with Crippen molar-refractivity contribution in [3.63, 3.8) is 0 Å². The van der Waals surface area contributed by atoms with Crippen LogP contribution in [-0.2, 0) is 16.8 Å². The summed E-state index contributed by atoms with van der Waals surface area (Å²) in [7, 11) is -2.23. The van der Waals surface area contributed by atoms with Crippen LogP contribution in [0, 0.1) is 0 Å². The Hall–Kier alpha value is -1.45. The number of aromatic nitrogens is 2. The summed E-state index contributed by atoms with van der Waals surface area (Å²) in [6, 6.07) is 5.70. The molecule has 1 aromatic carbocycles. The monoisotopic (exact) mass is 575 g/mol. The predicted molar refractivity (Wildman–Crippen MR) is 148 cm³/mol. The minimum atomic E-state index is -2.23. The van der Waals surface area contributed by atoms with E-state index in [-0.39, 0.29) is 17.6 Å². The fraction of sp³-hybridized carbons (Fsp3) is 0.600. The highest BCUT2D eigenvalue weighted by Crippen LogP contribution is 2.53. The summed E-state index contributed by atoms with van der Waals surface area (Å²) in [5, 5.41) is 17.8. The molecule has 1 aromatic heterocycles. The first-order valence-corrected chi connectivity index (χ1v) is 15.4. The molecule has 0 spiro atoms. The standard InChI is InChI=1S/C25H36Cl3N3O4Si/c1-14(2)36(15(3)4)16(5)19-10-18(9-17(12-32)22(19)35-36)31-21(11-20(30-31)24(6,7)8)29-23(33)34-13-25(26,27)28/h9-11,14-16,32H,12-13H2,1-8H3,(H,29,33). The number of nitrogens with zero attached hydrogens (tertiary/aromatic N) is 2. The van der Waals surface area contributed by atoms with E-state index in [9.17, 15) is 9.90 Å². The van der Waals surface area contributed by atoms with Crippen LogP contribution >= 0.6 is 34.8 Å². The van der Waals surface area contributed by atoms with Gasteiger partial charge in [-0.25, -0.2) is 9.48 Å². The van der Waals surface area contributed by atoms with Crippen LogP contribution < -0.4 is 9.74 Å². The van der Waals surface area contributed by atoms with Crippen LogP contribution in [0.3, 0.4) is 0 Å². The lowest BCUT2D eigenvalue weighted by Crippen LogP contribution is -2.49. The van der Waals surface area contributed by atoms with Gasteiger partial charge in [0.15, 0.2) is 0 Å². The van der Waals surface area contributed by atoms with E-state index in [0.717, 1.165) is 17.0 Å². The third-order valence-electron chi connectivity index (χ3n) is 6.90. The molecular formula is C25H36Cl3N3O4Si. The summed E-state index contributed by atoms with van der Waals surface area (Å²) in [6.45, 7) is 16.7. The van der Waals surface area contributed by atoms with E-state index >= 15 is 0 Å². The Morgan fingerprint density at radius 1 is 1.19 bits per heavy atom. The number of halogens is 3. The van der Waals surface area contributed by atoms with Crippen molar-refractivity contribution < 1.29 is 19.1 Å². The van der Waals surface area contributed by atoms with Crippen LogP contribution in [0.5, 0.6) is 5.75 Å². The maximum Gasteiger partial charge on any atom is 0.412 e. The molecule has 0 saturated carbocycles. The van der Waals surface area contributed by atoms with E-state index in [1.165, 1.54) is 0 Å². The molecule has 0 saturated heterocycles. The van der Waals surface area contributed by atoms with Crippen molar-refractivity contribution in [1.29, 1.82) is 0 Å². The zero-order valence-electron chi connectivity index (χ0n) is 22.1. The highest BCUT2D eigenvalue weighted by Gasteiger charge is 2.54. The average molecular weight is 577 g/mol. The summed E-state index contributed by atoms with van der Waals surface area (Å²) in [6.07, 6.45) is -0.769. The van der Waals surface area contributed by atoms with Crippen molar-refractivity contribution in [2.45, 2.75) is 87.8 Å². The first kappa shape index (κ1) is 29.1. The van der Waals surface area contributed by atoms with Gasteiger partial charge < -0.3 is 14.3 Å². The van der Waals surface area contributed by atoms with Crippen molar-refractivity contribution in [2.75, 3.05) is 11.9 Å². The Balaban J connectivity index is 2.10. The van der Waals surface area contributed by atoms with E-state index < -0.39 is 24.8 Å². The second-order valence-electron chi connectivity index (χ2n) is 11.1. The van der Waals surface area contributed by atoms with Crippen molar-refractivity contribution in [3.05, 3.63) is 35.0 Å². The summed E-state index contributed by atoms with van der Waals surface area (Å²) in [5.74, 6) is 1.18. The third kappa shape index (κ3) is 5.68. The molecule has 1 amide bonds. The van der Waals surface area contributed by atoms with Crippen molar-refractivity contribution >= 4 is 55.0 Å². The number of fused-ring (bicyclic) bond motifs is 1. The minimum absolute atomic E-state index is 0.176. The lowest BCUT2D eigenvalue weighted by atomic mass is 9.92. The van der Waals surface area contributed by atoms with Crippen molar-refractivity contribution in [1.82, 2.24) is 9.78 Å². The number of aliphatic hydroxyl groups is 1. The zero-order chi connectivity index (χ0) is 27.2. The SMILES string of the molecule is CC(C)[Si]1(C(C)C)Oc2c(CO)cc(-n3nc(C(C)(C)C)cc3NC(=O)OCC(Cl)(Cl)Cl)cc2C1C. The van der Waals surface area contributed by atoms with E-state index in [1.54, 1.807) is 10.7 Å². The van der Waals surface area contributed by atoms with E-state index in [1.807, 2.05) is 26.8 Å². The molecular weight excluding hydrogens is 541 g/mol. The maximum absolute atomic E-state index is 12.5. The van der Waals surface area contributed by atoms with Crippen LogP contribution in [0.15, 0.2) is 18.2 Å². The molecule has 2 heterocycles. The number of anilines is 1. The molecule has 0 radical (unpaired) electrons. The normalized spacial score (nSPS) is 17.3. The number of amides is 1. The second-order valence-corrected chi connectivity index (χ2v) is 18.7. The highest BCUT2D eigenvalue weighted by molar-refractivity contribution is 6.79. The first-order chi connectivity index (χ1) is 16.5. The van der Waals surface area contributed by atoms with Crippen molar-refractivity contribution in [3.8, 4) is 11.4 Å². The van der Waals surface area contributed by atoms with Crippen LogP contribution in [0.25, 0.3) is 5.69 Å². The Labute approximate surface area is 229 Å². The molecule has 0 fully saturated rings. The molecule has 11 heteroatoms. The quantitative estimate of drug-likeness (QED) is 0.277. The summed E-state index contributed by atoms with van der Waals surface area (Å²) >= 11 is 17.1. The smallest absolute Gasteiger partial charge is 0.412 e. The summed E-state index contributed by atoms with van der Waals surface area (Å²) in [4.78, 5) is 12.5. The molecule has 0 aliphatic carbocycles. The Morgan fingerprint density at radius 2 is 1.81 bits per heavy atom. The number of benzene rings is 1. The third-order valence-corrected chi connectivity index (χ3v) is 13.1. The van der Waals surface area contributed by atoms with Crippen LogP contribution in [0.1, 0.15) is 77.8 Å². The summed E-state index contributed by atoms with van der Waals surface area (Å²) in [5.41, 5.74) is 3.93. The van der Waals surface area contributed by atoms with Gasteiger partial charge in [-0.2, -0.15) is 5.10 Å². The summed E-state index contributed by atoms with van der Waals surface area (Å²) < 4.78 is 11.8. The van der Waals surface area contributed by atoms with Gasteiger partial charge in [0.05, 0.1) is 18.0 Å². The van der Waals surface area contributed by atoms with Gasteiger partial charge in [-0.05, 0) is 28.8 Å². The highest BCUT2D eigenvalue weighted by atomic mass is 35.6.